The number of halogens is 1. The molecule has 0 unspecified atom stereocenters. The number of aliphatic hydroxyl groups excluding tert-OH is 1. The van der Waals surface area contributed by atoms with Crippen molar-refractivity contribution in [1.82, 2.24) is 24.8 Å². The number of amides is 1. The quantitative estimate of drug-likeness (QED) is 0.196. The average Bonchev–Trinajstić information content (AvgIpc) is 3.94. The number of aromatic nitrogens is 3. The molecule has 17 heteroatoms. The molecule has 0 spiro atoms. The second-order valence-corrected chi connectivity index (χ2v) is 17.8. The molecule has 0 bridgehead atoms. The number of aliphatic hydroxyl groups is 1. The van der Waals surface area contributed by atoms with Gasteiger partial charge in [-0.15, -0.1) is 16.4 Å². The first-order valence-electron chi connectivity index (χ1n) is 20.0. The van der Waals surface area contributed by atoms with E-state index < -0.39 is 83.1 Å². The van der Waals surface area contributed by atoms with E-state index in [1.54, 1.807) is 56.7 Å². The Morgan fingerprint density at radius 3 is 2.40 bits per heavy atom. The van der Waals surface area contributed by atoms with Crippen molar-refractivity contribution in [1.29, 1.82) is 0 Å². The van der Waals surface area contributed by atoms with Crippen LogP contribution in [0.25, 0.3) is 10.6 Å². The lowest BCUT2D eigenvalue weighted by atomic mass is 9.73. The highest BCUT2D eigenvalue weighted by Crippen LogP contribution is 2.43. The predicted octanol–water partition coefficient (Wildman–Crippen LogP) is 4.86. The van der Waals surface area contributed by atoms with Crippen molar-refractivity contribution >= 4 is 35.0 Å². The SMILES string of the molecule is CC[C@H]1OC(=O)[C@@](C)(F)C(=O)[C@H](C)[C@@H](O[C@@H]2O[C@H](C)C[C@H](N(C)C)[C@H]2O)[C@](C)(OC)C[C@@H](C)C(=O)[C@H](C)[C@H]2N(C/C=C/Cn3cc(-c4cccs4)nn3)C(=O)O[C@]12C. The standard InChI is InChI=1S/C41H60FN5O10S/c1-12-30-41(8)33(47(38(52)57-41)18-14-13-17-46-22-27(43-44-46)29-16-15-19-58-29)25(4)31(48)23(2)21-39(6,53-11)35(26(5)34(50)40(7,42)37(51)55-30)56-36-32(49)28(45(9)10)20-24(3)54-36/h13-16,19,22-26,28,30,32-33,35-36,49H,12,17-18,20-21H2,1-11H3/b14-13+/t23-,24-,25+,26+,28+,30-,32-,33-,35-,36+,39-,40+,41-/m1/s1. The van der Waals surface area contributed by atoms with E-state index in [4.69, 9.17) is 23.7 Å². The number of likely N-dealkylation sites (N-methyl/N-ethyl adjacent to an activating group) is 1. The third-order valence-corrected chi connectivity index (χ3v) is 13.1. The summed E-state index contributed by atoms with van der Waals surface area (Å²) in [5, 5.41) is 21.8. The lowest BCUT2D eigenvalue weighted by Gasteiger charge is -2.47. The van der Waals surface area contributed by atoms with Crippen LogP contribution in [0.1, 0.15) is 74.7 Å². The minimum Gasteiger partial charge on any atom is -0.455 e. The van der Waals surface area contributed by atoms with Gasteiger partial charge < -0.3 is 33.7 Å². The van der Waals surface area contributed by atoms with E-state index in [0.717, 1.165) is 17.5 Å². The Kier molecular flexibility index (Phi) is 14.1. The number of methoxy groups -OCH3 is 1. The van der Waals surface area contributed by atoms with Crippen molar-refractivity contribution in [3.63, 3.8) is 0 Å². The van der Waals surface area contributed by atoms with Crippen LogP contribution in [-0.4, -0.2) is 141 Å². The molecule has 58 heavy (non-hydrogen) atoms. The Hall–Kier alpha value is -3.61. The highest BCUT2D eigenvalue weighted by atomic mass is 32.1. The first-order valence-corrected chi connectivity index (χ1v) is 20.8. The number of carbonyl (C=O) groups is 4. The molecule has 0 radical (unpaired) electrons. The van der Waals surface area contributed by atoms with E-state index in [-0.39, 0.29) is 37.3 Å². The number of hydrogen-bond donors (Lipinski definition) is 1. The maximum Gasteiger partial charge on any atom is 0.411 e. The molecular formula is C41H60FN5O10S. The van der Waals surface area contributed by atoms with E-state index >= 15 is 4.39 Å². The van der Waals surface area contributed by atoms with E-state index in [1.807, 2.05) is 55.7 Å². The molecule has 1 amide bonds. The van der Waals surface area contributed by atoms with Crippen LogP contribution in [0.4, 0.5) is 9.18 Å². The zero-order chi connectivity index (χ0) is 42.9. The second-order valence-electron chi connectivity index (χ2n) is 16.8. The number of cyclic esters (lactones) is 1. The molecule has 0 aliphatic carbocycles. The first kappa shape index (κ1) is 45.5. The number of nitrogens with zero attached hydrogens (tertiary/aromatic N) is 5. The summed E-state index contributed by atoms with van der Waals surface area (Å²) in [4.78, 5) is 60.8. The second kappa shape index (κ2) is 17.9. The first-order chi connectivity index (χ1) is 27.2. The van der Waals surface area contributed by atoms with Crippen molar-refractivity contribution in [2.24, 2.45) is 17.8 Å². The average molecular weight is 834 g/mol. The Bertz CT molecular complexity index is 1810. The Morgan fingerprint density at radius 1 is 1.09 bits per heavy atom. The molecule has 5 heterocycles. The van der Waals surface area contributed by atoms with Gasteiger partial charge in [-0.25, -0.2) is 18.7 Å². The fraction of sp³-hybridized carbons (Fsp3) is 0.707. The van der Waals surface area contributed by atoms with Crippen molar-refractivity contribution in [2.75, 3.05) is 27.7 Å². The predicted molar refractivity (Wildman–Crippen MR) is 212 cm³/mol. The summed E-state index contributed by atoms with van der Waals surface area (Å²) in [5.41, 5.74) is -5.53. The van der Waals surface area contributed by atoms with Gasteiger partial charge in [0.25, 0.3) is 5.67 Å². The molecule has 15 nitrogen and oxygen atoms in total. The fourth-order valence-electron chi connectivity index (χ4n) is 8.97. The van der Waals surface area contributed by atoms with Crippen LogP contribution in [0.15, 0.2) is 35.9 Å². The number of esters is 1. The highest BCUT2D eigenvalue weighted by molar-refractivity contribution is 7.13. The fourth-order valence-corrected chi connectivity index (χ4v) is 9.64. The van der Waals surface area contributed by atoms with Gasteiger partial charge >= 0.3 is 12.1 Å². The smallest absolute Gasteiger partial charge is 0.411 e. The largest absolute Gasteiger partial charge is 0.455 e. The van der Waals surface area contributed by atoms with Gasteiger partial charge in [-0.1, -0.05) is 51.1 Å². The Balaban J connectivity index is 1.49. The zero-order valence-corrected chi connectivity index (χ0v) is 36.2. The van der Waals surface area contributed by atoms with Crippen LogP contribution < -0.4 is 0 Å². The molecule has 2 aromatic rings. The van der Waals surface area contributed by atoms with E-state index in [0.29, 0.717) is 13.0 Å². The van der Waals surface area contributed by atoms with Crippen LogP contribution in [0, 0.1) is 17.8 Å². The molecule has 3 aliphatic rings. The summed E-state index contributed by atoms with van der Waals surface area (Å²) in [5.74, 6) is -5.89. The normalized spacial score (nSPS) is 38.2. The number of ether oxygens (including phenoxy) is 5. The molecule has 3 fully saturated rings. The van der Waals surface area contributed by atoms with Gasteiger partial charge in [-0.2, -0.15) is 0 Å². The molecule has 13 atom stereocenters. The third kappa shape index (κ3) is 8.94. The molecule has 5 rings (SSSR count). The number of hydrogen-bond acceptors (Lipinski definition) is 14. The molecule has 0 aromatic carbocycles. The van der Waals surface area contributed by atoms with Gasteiger partial charge in [0.15, 0.2) is 17.7 Å². The summed E-state index contributed by atoms with van der Waals surface area (Å²) < 4.78 is 49.0. The lowest BCUT2D eigenvalue weighted by Crippen LogP contribution is -2.61. The minimum atomic E-state index is -3.19. The van der Waals surface area contributed by atoms with Crippen molar-refractivity contribution in [3.8, 4) is 10.6 Å². The van der Waals surface area contributed by atoms with Gasteiger partial charge in [-0.3, -0.25) is 14.5 Å². The maximum atomic E-state index is 16.9. The molecular weight excluding hydrogens is 774 g/mol. The monoisotopic (exact) mass is 833 g/mol. The van der Waals surface area contributed by atoms with Crippen molar-refractivity contribution < 1.29 is 52.4 Å². The van der Waals surface area contributed by atoms with E-state index in [9.17, 15) is 24.3 Å². The van der Waals surface area contributed by atoms with Crippen LogP contribution in [-0.2, 0) is 44.6 Å². The number of Topliss-reactive ketones (excluding diaryl/α,β-unsaturated/α-hetero) is 2. The zero-order valence-electron chi connectivity index (χ0n) is 35.4. The summed E-state index contributed by atoms with van der Waals surface area (Å²) in [6.07, 6.45) is -0.127. The Morgan fingerprint density at radius 2 is 1.78 bits per heavy atom. The van der Waals surface area contributed by atoms with Crippen LogP contribution >= 0.6 is 11.3 Å². The summed E-state index contributed by atoms with van der Waals surface area (Å²) in [6.45, 7) is 12.8. The topological polar surface area (TPSA) is 172 Å². The number of alkyl halides is 1. The summed E-state index contributed by atoms with van der Waals surface area (Å²) in [7, 11) is 5.03. The van der Waals surface area contributed by atoms with Gasteiger partial charge in [-0.05, 0) is 72.5 Å². The summed E-state index contributed by atoms with van der Waals surface area (Å²) >= 11 is 1.55. The molecule has 1 N–H and O–H groups in total. The van der Waals surface area contributed by atoms with Crippen LogP contribution in [0.5, 0.6) is 0 Å². The molecule has 0 saturated carbocycles. The number of ketones is 2. The molecule has 2 aromatic heterocycles. The third-order valence-electron chi connectivity index (χ3n) is 12.3. The van der Waals surface area contributed by atoms with E-state index in [2.05, 4.69) is 10.3 Å². The molecule has 3 aliphatic heterocycles. The molecule has 3 saturated heterocycles. The summed E-state index contributed by atoms with van der Waals surface area (Å²) in [6, 6.07) is 2.54. The number of thiophene rings is 1. The van der Waals surface area contributed by atoms with Gasteiger partial charge in [0, 0.05) is 37.5 Å². The number of carbonyl (C=O) groups excluding carboxylic acids is 4. The maximum absolute atomic E-state index is 16.9. The van der Waals surface area contributed by atoms with Gasteiger partial charge in [0.1, 0.15) is 23.7 Å². The van der Waals surface area contributed by atoms with Crippen molar-refractivity contribution in [3.05, 3.63) is 35.9 Å². The number of fused-ring (bicyclic) bond motifs is 1. The highest BCUT2D eigenvalue weighted by Gasteiger charge is 2.61. The van der Waals surface area contributed by atoms with Crippen LogP contribution in [0.3, 0.4) is 0 Å². The van der Waals surface area contributed by atoms with Crippen molar-refractivity contribution in [2.45, 2.75) is 141 Å². The minimum absolute atomic E-state index is 0.0153. The lowest BCUT2D eigenvalue weighted by molar-refractivity contribution is -0.295. The number of allylic oxidation sites excluding steroid dienone is 1. The Labute approximate surface area is 344 Å². The van der Waals surface area contributed by atoms with Gasteiger partial charge in [0.05, 0.1) is 41.5 Å². The molecule has 322 valence electrons. The number of rotatable bonds is 10. The van der Waals surface area contributed by atoms with Gasteiger partial charge in [0.2, 0.25) is 0 Å². The van der Waals surface area contributed by atoms with E-state index in [1.165, 1.54) is 18.9 Å². The van der Waals surface area contributed by atoms with Crippen LogP contribution in [0.2, 0.25) is 0 Å².